The zero-order chi connectivity index (χ0) is 16.2. The maximum atomic E-state index is 12.3. The first-order chi connectivity index (χ1) is 10.4. The van der Waals surface area contributed by atoms with E-state index < -0.39 is 16.0 Å². The van der Waals surface area contributed by atoms with Crippen LogP contribution in [0.1, 0.15) is 21.5 Å². The van der Waals surface area contributed by atoms with Crippen molar-refractivity contribution in [3.05, 3.63) is 65.2 Å². The summed E-state index contributed by atoms with van der Waals surface area (Å²) < 4.78 is 32.9. The summed E-state index contributed by atoms with van der Waals surface area (Å²) in [5.74, 6) is -0.718. The predicted molar refractivity (Wildman–Crippen MR) is 83.7 cm³/mol. The number of rotatable bonds is 4. The minimum absolute atomic E-state index is 0.0361. The molecule has 0 aliphatic heterocycles. The second-order valence-electron chi connectivity index (χ2n) is 4.61. The molecule has 0 saturated heterocycles. The van der Waals surface area contributed by atoms with Gasteiger partial charge in [-0.15, -0.1) is 0 Å². The molecule has 0 amide bonds. The molecule has 22 heavy (non-hydrogen) atoms. The lowest BCUT2D eigenvalue weighted by molar-refractivity contribution is 0.0596. The number of benzene rings is 2. The van der Waals surface area contributed by atoms with E-state index in [1.165, 1.54) is 31.5 Å². The fourth-order valence-electron chi connectivity index (χ4n) is 1.81. The third-order valence-corrected chi connectivity index (χ3v) is 4.28. The molecule has 0 atom stereocenters. The Labute approximate surface area is 129 Å². The molecule has 0 heterocycles. The SMILES string of the molecule is COC(=O)c1ccccc1S(=O)(=O)/N=C/c1ccc(C)cc1. The molecule has 0 saturated carbocycles. The molecule has 0 radical (unpaired) electrons. The van der Waals surface area contributed by atoms with Crippen LogP contribution in [0.5, 0.6) is 0 Å². The van der Waals surface area contributed by atoms with Crippen molar-refractivity contribution in [1.29, 1.82) is 0 Å². The first kappa shape index (κ1) is 15.9. The molecule has 2 rings (SSSR count). The third-order valence-electron chi connectivity index (χ3n) is 2.99. The van der Waals surface area contributed by atoms with E-state index in [4.69, 9.17) is 0 Å². The van der Waals surface area contributed by atoms with Crippen molar-refractivity contribution >= 4 is 22.2 Å². The van der Waals surface area contributed by atoms with Crippen molar-refractivity contribution < 1.29 is 17.9 Å². The van der Waals surface area contributed by atoms with Gasteiger partial charge >= 0.3 is 5.97 Å². The highest BCUT2D eigenvalue weighted by Gasteiger charge is 2.21. The second kappa shape index (κ2) is 6.53. The van der Waals surface area contributed by atoms with Crippen molar-refractivity contribution in [2.24, 2.45) is 4.40 Å². The smallest absolute Gasteiger partial charge is 0.339 e. The Kier molecular flexibility index (Phi) is 4.72. The normalized spacial score (nSPS) is 11.5. The summed E-state index contributed by atoms with van der Waals surface area (Å²) in [6.07, 6.45) is 1.25. The van der Waals surface area contributed by atoms with Crippen molar-refractivity contribution in [3.8, 4) is 0 Å². The molecule has 0 aliphatic rings. The number of esters is 1. The molecule has 2 aromatic rings. The van der Waals surface area contributed by atoms with E-state index in [0.717, 1.165) is 5.56 Å². The number of hydrogen-bond donors (Lipinski definition) is 0. The monoisotopic (exact) mass is 317 g/mol. The van der Waals surface area contributed by atoms with E-state index in [2.05, 4.69) is 9.13 Å². The molecular weight excluding hydrogens is 302 g/mol. The summed E-state index contributed by atoms with van der Waals surface area (Å²) in [5.41, 5.74) is 1.69. The van der Waals surface area contributed by atoms with Crippen molar-refractivity contribution in [2.45, 2.75) is 11.8 Å². The van der Waals surface area contributed by atoms with Gasteiger partial charge in [0.15, 0.2) is 0 Å². The van der Waals surface area contributed by atoms with E-state index in [1.807, 2.05) is 19.1 Å². The van der Waals surface area contributed by atoms with Gasteiger partial charge in [0.2, 0.25) is 0 Å². The van der Waals surface area contributed by atoms with Gasteiger partial charge in [-0.3, -0.25) is 0 Å². The van der Waals surface area contributed by atoms with Crippen LogP contribution in [0.3, 0.4) is 0 Å². The molecule has 0 aromatic heterocycles. The molecule has 6 heteroatoms. The summed E-state index contributed by atoms with van der Waals surface area (Å²) in [7, 11) is -2.79. The van der Waals surface area contributed by atoms with Crippen LogP contribution in [0.25, 0.3) is 0 Å². The molecule has 0 bridgehead atoms. The molecule has 5 nitrogen and oxygen atoms in total. The van der Waals surface area contributed by atoms with Gasteiger partial charge in [-0.25, -0.2) is 4.79 Å². The van der Waals surface area contributed by atoms with Gasteiger partial charge in [0.1, 0.15) is 4.90 Å². The largest absolute Gasteiger partial charge is 0.465 e. The van der Waals surface area contributed by atoms with Crippen molar-refractivity contribution in [1.82, 2.24) is 0 Å². The number of nitrogens with zero attached hydrogens (tertiary/aromatic N) is 1. The topological polar surface area (TPSA) is 72.8 Å². The molecule has 2 aromatic carbocycles. The number of aryl methyl sites for hydroxylation is 1. The molecule has 114 valence electrons. The fraction of sp³-hybridized carbons (Fsp3) is 0.125. The van der Waals surface area contributed by atoms with Gasteiger partial charge in [0, 0.05) is 6.21 Å². The lowest BCUT2D eigenvalue weighted by atomic mass is 10.2. The lowest BCUT2D eigenvalue weighted by Gasteiger charge is -2.05. The van der Waals surface area contributed by atoms with Crippen LogP contribution < -0.4 is 0 Å². The second-order valence-corrected chi connectivity index (χ2v) is 6.21. The van der Waals surface area contributed by atoms with E-state index in [0.29, 0.717) is 5.56 Å². The Morgan fingerprint density at radius 2 is 1.73 bits per heavy atom. The maximum Gasteiger partial charge on any atom is 0.339 e. The predicted octanol–water partition coefficient (Wildman–Crippen LogP) is 2.59. The highest BCUT2D eigenvalue weighted by atomic mass is 32.2. The van der Waals surface area contributed by atoms with Crippen LogP contribution in [0, 0.1) is 6.92 Å². The van der Waals surface area contributed by atoms with Crippen LogP contribution >= 0.6 is 0 Å². The molecular formula is C16H15NO4S. The van der Waals surface area contributed by atoms with Crippen LogP contribution in [-0.2, 0) is 14.8 Å². The summed E-state index contributed by atoms with van der Waals surface area (Å²) >= 11 is 0. The van der Waals surface area contributed by atoms with Gasteiger partial charge in [-0.1, -0.05) is 42.0 Å². The van der Waals surface area contributed by atoms with Gasteiger partial charge in [0.25, 0.3) is 10.0 Å². The first-order valence-electron chi connectivity index (χ1n) is 6.48. The zero-order valence-corrected chi connectivity index (χ0v) is 13.0. The first-order valence-corrected chi connectivity index (χ1v) is 7.92. The molecule has 0 aliphatic carbocycles. The number of sulfonamides is 1. The van der Waals surface area contributed by atoms with Crippen molar-refractivity contribution in [2.75, 3.05) is 7.11 Å². The highest BCUT2D eigenvalue weighted by molar-refractivity contribution is 7.90. The molecule has 0 spiro atoms. The van der Waals surface area contributed by atoms with Gasteiger partial charge in [-0.05, 0) is 24.6 Å². The summed E-state index contributed by atoms with van der Waals surface area (Å²) in [6.45, 7) is 1.93. The average Bonchev–Trinajstić information content (AvgIpc) is 2.53. The summed E-state index contributed by atoms with van der Waals surface area (Å²) in [6, 6.07) is 13.1. The van der Waals surface area contributed by atoms with Crippen LogP contribution in [0.2, 0.25) is 0 Å². The number of carbonyl (C=O) groups is 1. The van der Waals surface area contributed by atoms with E-state index >= 15 is 0 Å². The van der Waals surface area contributed by atoms with E-state index in [-0.39, 0.29) is 10.5 Å². The minimum atomic E-state index is -3.99. The van der Waals surface area contributed by atoms with Gasteiger partial charge in [-0.2, -0.15) is 12.8 Å². The summed E-state index contributed by atoms with van der Waals surface area (Å²) in [5, 5.41) is 0. The minimum Gasteiger partial charge on any atom is -0.465 e. The quantitative estimate of drug-likeness (QED) is 0.642. The van der Waals surface area contributed by atoms with Crippen LogP contribution in [0.15, 0.2) is 57.8 Å². The Morgan fingerprint density at radius 1 is 1.09 bits per heavy atom. The average molecular weight is 317 g/mol. The molecule has 0 fully saturated rings. The Morgan fingerprint density at radius 3 is 2.36 bits per heavy atom. The fourth-order valence-corrected chi connectivity index (χ4v) is 2.86. The highest BCUT2D eigenvalue weighted by Crippen LogP contribution is 2.18. The standard InChI is InChI=1S/C16H15NO4S/c1-12-7-9-13(10-8-12)11-17-22(19,20)15-6-4-3-5-14(15)16(18)21-2/h3-11H,1-2H3/b17-11+. The number of hydrogen-bond acceptors (Lipinski definition) is 4. The number of ether oxygens (including phenoxy) is 1. The number of carbonyl (C=O) groups excluding carboxylic acids is 1. The molecule has 0 N–H and O–H groups in total. The number of methoxy groups -OCH3 is 1. The van der Waals surface area contributed by atoms with Gasteiger partial charge < -0.3 is 4.74 Å². The Bertz CT molecular complexity index is 808. The van der Waals surface area contributed by atoms with E-state index in [9.17, 15) is 13.2 Å². The van der Waals surface area contributed by atoms with E-state index in [1.54, 1.807) is 18.2 Å². The van der Waals surface area contributed by atoms with Crippen molar-refractivity contribution in [3.63, 3.8) is 0 Å². The maximum absolute atomic E-state index is 12.3. The summed E-state index contributed by atoms with van der Waals surface area (Å²) in [4.78, 5) is 11.5. The Hall–Kier alpha value is -2.47. The zero-order valence-electron chi connectivity index (χ0n) is 12.2. The van der Waals surface area contributed by atoms with Crippen LogP contribution in [0.4, 0.5) is 0 Å². The Balaban J connectivity index is 2.39. The third kappa shape index (κ3) is 3.59. The van der Waals surface area contributed by atoms with Gasteiger partial charge in [0.05, 0.1) is 12.7 Å². The van der Waals surface area contributed by atoms with Crippen LogP contribution in [-0.4, -0.2) is 27.7 Å². The molecule has 0 unspecified atom stereocenters. The lowest BCUT2D eigenvalue weighted by Crippen LogP contribution is -2.09.